The van der Waals surface area contributed by atoms with E-state index >= 15 is 0 Å². The fraction of sp³-hybridized carbons (Fsp3) is 0.0714. The van der Waals surface area contributed by atoms with Gasteiger partial charge in [0.2, 0.25) is 0 Å². The van der Waals surface area contributed by atoms with E-state index < -0.39 is 0 Å². The van der Waals surface area contributed by atoms with Crippen LogP contribution in [0.4, 0.5) is 5.69 Å². The minimum atomic E-state index is -0.212. The molecule has 0 atom stereocenters. The van der Waals surface area contributed by atoms with E-state index in [4.69, 9.17) is 11.6 Å². The topological polar surface area (TPSA) is 29.1 Å². The average molecular weight is 325 g/mol. The maximum atomic E-state index is 12.1. The van der Waals surface area contributed by atoms with Crippen molar-refractivity contribution in [1.82, 2.24) is 0 Å². The lowest BCUT2D eigenvalue weighted by molar-refractivity contribution is 0.102. The number of carbonyl (C=O) groups excluding carboxylic acids is 1. The summed E-state index contributed by atoms with van der Waals surface area (Å²) in [5.74, 6) is -0.212. The van der Waals surface area contributed by atoms with E-state index in [2.05, 4.69) is 21.2 Å². The zero-order valence-electron chi connectivity index (χ0n) is 9.71. The number of benzene rings is 2. The van der Waals surface area contributed by atoms with Gasteiger partial charge in [-0.3, -0.25) is 4.79 Å². The molecule has 1 amide bonds. The summed E-state index contributed by atoms with van der Waals surface area (Å²) in [5.41, 5.74) is 2.25. The molecule has 2 rings (SSSR count). The molecule has 0 aromatic heterocycles. The van der Waals surface area contributed by atoms with Crippen LogP contribution in [-0.2, 0) is 0 Å². The lowest BCUT2D eigenvalue weighted by Gasteiger charge is -2.09. The van der Waals surface area contributed by atoms with Crippen LogP contribution in [0.15, 0.2) is 46.9 Å². The van der Waals surface area contributed by atoms with Crippen LogP contribution in [0, 0.1) is 6.92 Å². The summed E-state index contributed by atoms with van der Waals surface area (Å²) in [6.07, 6.45) is 0. The molecule has 92 valence electrons. The number of hydrogen-bond donors (Lipinski definition) is 1. The number of hydrogen-bond acceptors (Lipinski definition) is 1. The van der Waals surface area contributed by atoms with Crippen molar-refractivity contribution in [3.05, 3.63) is 63.1 Å². The fourth-order valence-corrected chi connectivity index (χ4v) is 2.16. The molecule has 0 heterocycles. The average Bonchev–Trinajstić information content (AvgIpc) is 2.35. The van der Waals surface area contributed by atoms with Crippen molar-refractivity contribution in [2.24, 2.45) is 0 Å². The highest BCUT2D eigenvalue weighted by Crippen LogP contribution is 2.27. The zero-order valence-corrected chi connectivity index (χ0v) is 12.0. The Balaban J connectivity index is 2.28. The van der Waals surface area contributed by atoms with Gasteiger partial charge in [-0.25, -0.2) is 0 Å². The fourth-order valence-electron chi connectivity index (χ4n) is 1.58. The van der Waals surface area contributed by atoms with E-state index in [-0.39, 0.29) is 5.91 Å². The highest BCUT2D eigenvalue weighted by atomic mass is 79.9. The quantitative estimate of drug-likeness (QED) is 0.855. The standard InChI is InChI=1S/C14H11BrClNO/c1-9-5-2-3-8-12(9)17-14(18)10-6-4-7-11(15)13(10)16/h2-8H,1H3,(H,17,18). The predicted molar refractivity (Wildman–Crippen MR) is 78.3 cm³/mol. The molecule has 2 nitrogen and oxygen atoms in total. The van der Waals surface area contributed by atoms with Gasteiger partial charge in [-0.1, -0.05) is 35.9 Å². The van der Waals surface area contributed by atoms with Gasteiger partial charge >= 0.3 is 0 Å². The number of carbonyl (C=O) groups is 1. The molecule has 0 bridgehead atoms. The number of rotatable bonds is 2. The SMILES string of the molecule is Cc1ccccc1NC(=O)c1cccc(Br)c1Cl. The molecule has 0 spiro atoms. The lowest BCUT2D eigenvalue weighted by atomic mass is 10.1. The van der Waals surface area contributed by atoms with Crippen molar-refractivity contribution in [3.63, 3.8) is 0 Å². The molecular weight excluding hydrogens is 314 g/mol. The number of anilines is 1. The third-order valence-corrected chi connectivity index (χ3v) is 3.89. The minimum Gasteiger partial charge on any atom is -0.322 e. The van der Waals surface area contributed by atoms with Gasteiger partial charge in [0.1, 0.15) is 0 Å². The van der Waals surface area contributed by atoms with Crippen molar-refractivity contribution < 1.29 is 4.79 Å². The highest BCUT2D eigenvalue weighted by Gasteiger charge is 2.12. The molecule has 0 aliphatic carbocycles. The Morgan fingerprint density at radius 1 is 1.17 bits per heavy atom. The van der Waals surface area contributed by atoms with Crippen LogP contribution in [-0.4, -0.2) is 5.91 Å². The van der Waals surface area contributed by atoms with Crippen LogP contribution in [0.3, 0.4) is 0 Å². The minimum absolute atomic E-state index is 0.212. The first-order valence-electron chi connectivity index (χ1n) is 5.40. The van der Waals surface area contributed by atoms with Crippen LogP contribution < -0.4 is 5.32 Å². The van der Waals surface area contributed by atoms with Crippen molar-refractivity contribution in [3.8, 4) is 0 Å². The molecule has 4 heteroatoms. The lowest BCUT2D eigenvalue weighted by Crippen LogP contribution is -2.13. The van der Waals surface area contributed by atoms with Crippen LogP contribution in [0.1, 0.15) is 15.9 Å². The van der Waals surface area contributed by atoms with E-state index in [1.54, 1.807) is 18.2 Å². The van der Waals surface area contributed by atoms with E-state index in [1.807, 2.05) is 31.2 Å². The molecule has 0 unspecified atom stereocenters. The highest BCUT2D eigenvalue weighted by molar-refractivity contribution is 9.10. The molecule has 0 radical (unpaired) electrons. The van der Waals surface area contributed by atoms with Gasteiger partial charge in [0.05, 0.1) is 10.6 Å². The van der Waals surface area contributed by atoms with E-state index in [0.717, 1.165) is 11.3 Å². The van der Waals surface area contributed by atoms with Crippen LogP contribution in [0.2, 0.25) is 5.02 Å². The van der Waals surface area contributed by atoms with Crippen LogP contribution >= 0.6 is 27.5 Å². The van der Waals surface area contributed by atoms with Gasteiger partial charge in [-0.15, -0.1) is 0 Å². The van der Waals surface area contributed by atoms with E-state index in [9.17, 15) is 4.79 Å². The summed E-state index contributed by atoms with van der Waals surface area (Å²) >= 11 is 9.39. The molecule has 0 fully saturated rings. The maximum absolute atomic E-state index is 12.1. The van der Waals surface area contributed by atoms with Gasteiger partial charge in [-0.05, 0) is 46.6 Å². The molecule has 0 aliphatic heterocycles. The van der Waals surface area contributed by atoms with Crippen molar-refractivity contribution in [2.75, 3.05) is 5.32 Å². The normalized spacial score (nSPS) is 10.2. The van der Waals surface area contributed by atoms with E-state index in [1.165, 1.54) is 0 Å². The molecule has 18 heavy (non-hydrogen) atoms. The smallest absolute Gasteiger partial charge is 0.257 e. The van der Waals surface area contributed by atoms with Crippen molar-refractivity contribution in [2.45, 2.75) is 6.92 Å². The first kappa shape index (κ1) is 13.1. The van der Waals surface area contributed by atoms with Crippen LogP contribution in [0.5, 0.6) is 0 Å². The first-order chi connectivity index (χ1) is 8.59. The van der Waals surface area contributed by atoms with Gasteiger partial charge in [-0.2, -0.15) is 0 Å². The third-order valence-electron chi connectivity index (χ3n) is 2.59. The Morgan fingerprint density at radius 2 is 1.89 bits per heavy atom. The summed E-state index contributed by atoms with van der Waals surface area (Å²) in [6.45, 7) is 1.94. The summed E-state index contributed by atoms with van der Waals surface area (Å²) < 4.78 is 0.710. The molecule has 2 aromatic rings. The second-order valence-corrected chi connectivity index (χ2v) is 5.10. The number of para-hydroxylation sites is 1. The number of amides is 1. The van der Waals surface area contributed by atoms with E-state index in [0.29, 0.717) is 15.1 Å². The number of aryl methyl sites for hydroxylation is 1. The van der Waals surface area contributed by atoms with Crippen molar-refractivity contribution in [1.29, 1.82) is 0 Å². The monoisotopic (exact) mass is 323 g/mol. The largest absolute Gasteiger partial charge is 0.322 e. The Hall–Kier alpha value is -1.32. The molecule has 2 aromatic carbocycles. The van der Waals surface area contributed by atoms with Gasteiger partial charge in [0.25, 0.3) is 5.91 Å². The number of nitrogens with one attached hydrogen (secondary N) is 1. The Kier molecular flexibility index (Phi) is 4.04. The Morgan fingerprint density at radius 3 is 2.61 bits per heavy atom. The van der Waals surface area contributed by atoms with Gasteiger partial charge in [0.15, 0.2) is 0 Å². The summed E-state index contributed by atoms with van der Waals surface area (Å²) in [5, 5.41) is 3.27. The second-order valence-electron chi connectivity index (χ2n) is 3.87. The molecule has 0 saturated carbocycles. The summed E-state index contributed by atoms with van der Waals surface area (Å²) in [6, 6.07) is 12.9. The zero-order chi connectivity index (χ0) is 13.1. The Labute approximate surface area is 119 Å². The molecule has 0 saturated heterocycles. The third kappa shape index (κ3) is 2.74. The predicted octanol–water partition coefficient (Wildman–Crippen LogP) is 4.66. The van der Waals surface area contributed by atoms with Gasteiger partial charge in [0, 0.05) is 10.2 Å². The molecular formula is C14H11BrClNO. The Bertz CT molecular complexity index is 598. The van der Waals surface area contributed by atoms with Crippen LogP contribution in [0.25, 0.3) is 0 Å². The summed E-state index contributed by atoms with van der Waals surface area (Å²) in [7, 11) is 0. The second kappa shape index (κ2) is 5.55. The summed E-state index contributed by atoms with van der Waals surface area (Å²) in [4.78, 5) is 12.1. The maximum Gasteiger partial charge on any atom is 0.257 e. The van der Waals surface area contributed by atoms with Gasteiger partial charge < -0.3 is 5.32 Å². The molecule has 0 aliphatic rings. The van der Waals surface area contributed by atoms with Crippen molar-refractivity contribution >= 4 is 39.1 Å². The number of halogens is 2. The first-order valence-corrected chi connectivity index (χ1v) is 6.57. The molecule has 1 N–H and O–H groups in total.